The topological polar surface area (TPSA) is 163 Å². The van der Waals surface area contributed by atoms with Crippen molar-refractivity contribution in [1.29, 1.82) is 0 Å². The second-order valence-corrected chi connectivity index (χ2v) is 9.83. The number of piperidine rings is 1. The largest absolute Gasteiger partial charge is 0.504 e. The molecule has 2 heterocycles. The summed E-state index contributed by atoms with van der Waals surface area (Å²) in [6.45, 7) is 5.52. The lowest BCUT2D eigenvalue weighted by Crippen LogP contribution is -2.71. The smallest absolute Gasteiger partial charge is 0.344 e. The number of nitrogens with zero attached hydrogens (tertiary/aromatic N) is 1. The Labute approximate surface area is 207 Å². The van der Waals surface area contributed by atoms with E-state index < -0.39 is 53.7 Å². The molecule has 0 aromatic heterocycles. The highest BCUT2D eigenvalue weighted by Crippen LogP contribution is 2.62. The summed E-state index contributed by atoms with van der Waals surface area (Å²) in [5, 5.41) is 41.6. The molecule has 3 aliphatic rings. The third-order valence-corrected chi connectivity index (χ3v) is 7.84. The van der Waals surface area contributed by atoms with Gasteiger partial charge in [0.2, 0.25) is 0 Å². The summed E-state index contributed by atoms with van der Waals surface area (Å²) in [6, 6.07) is 2.98. The average molecular weight is 506 g/mol. The van der Waals surface area contributed by atoms with Crippen LogP contribution in [0.25, 0.3) is 0 Å². The molecule has 0 saturated carbocycles. The van der Waals surface area contributed by atoms with Gasteiger partial charge in [0.1, 0.15) is 5.76 Å². The Hall–Kier alpha value is -3.15. The molecule has 2 unspecified atom stereocenters. The molecule has 36 heavy (non-hydrogen) atoms. The molecular formula is C25H31NO10. The zero-order valence-corrected chi connectivity index (χ0v) is 20.6. The van der Waals surface area contributed by atoms with Crippen molar-refractivity contribution in [2.24, 2.45) is 0 Å². The molecule has 196 valence electrons. The lowest BCUT2D eigenvalue weighted by Gasteiger charge is -2.58. The van der Waals surface area contributed by atoms with Gasteiger partial charge in [0, 0.05) is 18.0 Å². The summed E-state index contributed by atoms with van der Waals surface area (Å²) in [5.74, 6) is -3.38. The third kappa shape index (κ3) is 3.82. The average Bonchev–Trinajstić information content (AvgIpc) is 3.18. The van der Waals surface area contributed by atoms with Crippen molar-refractivity contribution in [3.05, 3.63) is 35.1 Å². The van der Waals surface area contributed by atoms with Gasteiger partial charge in [0.05, 0.1) is 17.4 Å². The Balaban J connectivity index is 1.63. The van der Waals surface area contributed by atoms with Crippen molar-refractivity contribution >= 4 is 17.9 Å². The first-order valence-corrected chi connectivity index (χ1v) is 11.8. The second kappa shape index (κ2) is 9.06. The monoisotopic (exact) mass is 505 g/mol. The van der Waals surface area contributed by atoms with Crippen LogP contribution in [-0.2, 0) is 29.3 Å². The summed E-state index contributed by atoms with van der Waals surface area (Å²) in [4.78, 5) is 37.5. The van der Waals surface area contributed by atoms with Gasteiger partial charge in [-0.05, 0) is 58.5 Å². The van der Waals surface area contributed by atoms with Gasteiger partial charge < -0.3 is 39.5 Å². The number of benzene rings is 1. The Kier molecular flexibility index (Phi) is 6.52. The van der Waals surface area contributed by atoms with E-state index in [-0.39, 0.29) is 29.7 Å². The molecular weight excluding hydrogens is 474 g/mol. The van der Waals surface area contributed by atoms with Gasteiger partial charge in [-0.15, -0.1) is 0 Å². The predicted molar refractivity (Wildman–Crippen MR) is 123 cm³/mol. The Bertz CT molecular complexity index is 1130. The summed E-state index contributed by atoms with van der Waals surface area (Å²) in [7, 11) is 1.92. The molecule has 4 rings (SSSR count). The number of aliphatic hydroxyl groups is 2. The molecule has 0 bridgehead atoms. The van der Waals surface area contributed by atoms with Crippen LogP contribution in [0.4, 0.5) is 0 Å². The van der Waals surface area contributed by atoms with E-state index in [0.717, 1.165) is 12.5 Å². The number of rotatable bonds is 6. The number of aliphatic carboxylic acids is 1. The number of ether oxygens (including phenoxy) is 3. The van der Waals surface area contributed by atoms with Crippen LogP contribution < -0.4 is 4.74 Å². The highest BCUT2D eigenvalue weighted by molar-refractivity contribution is 5.84. The van der Waals surface area contributed by atoms with Crippen LogP contribution in [0.2, 0.25) is 0 Å². The first kappa shape index (κ1) is 25.9. The molecule has 4 N–H and O–H groups in total. The van der Waals surface area contributed by atoms with Crippen LogP contribution in [0.3, 0.4) is 0 Å². The number of aliphatic hydroxyl groups excluding tert-OH is 1. The minimum absolute atomic E-state index is 0.0929. The number of hydrogen-bond acceptors (Lipinski definition) is 10. The number of phenolic OH excluding ortho intramolecular Hbond substituents is 1. The number of carbonyl (C=O) groups excluding carboxylic acids is 2. The van der Waals surface area contributed by atoms with Crippen molar-refractivity contribution < 1.29 is 49.0 Å². The van der Waals surface area contributed by atoms with Crippen LogP contribution >= 0.6 is 0 Å². The number of aromatic hydroxyl groups is 1. The Morgan fingerprint density at radius 1 is 1.31 bits per heavy atom. The fourth-order valence-electron chi connectivity index (χ4n) is 5.72. The highest BCUT2D eigenvalue weighted by Gasteiger charge is 2.69. The van der Waals surface area contributed by atoms with E-state index >= 15 is 0 Å². The number of fused-ring (bicyclic) bond motifs is 1. The number of esters is 2. The molecule has 0 amide bonds. The van der Waals surface area contributed by atoms with Gasteiger partial charge in [-0.2, -0.15) is 0 Å². The van der Waals surface area contributed by atoms with Gasteiger partial charge in [-0.3, -0.25) is 4.79 Å². The van der Waals surface area contributed by atoms with Crippen LogP contribution in [-0.4, -0.2) is 86.8 Å². The van der Waals surface area contributed by atoms with Crippen LogP contribution in [0, 0.1) is 6.92 Å². The number of phenols is 1. The molecule has 2 aliphatic heterocycles. The van der Waals surface area contributed by atoms with Crippen molar-refractivity contribution in [1.82, 2.24) is 4.90 Å². The summed E-state index contributed by atoms with van der Waals surface area (Å²) >= 11 is 0. The number of likely N-dealkylation sites (tertiary alicyclic amines) is 1. The second-order valence-electron chi connectivity index (χ2n) is 9.83. The van der Waals surface area contributed by atoms with E-state index in [1.165, 1.54) is 6.07 Å². The number of carboxylic acid groups (broad SMARTS) is 1. The van der Waals surface area contributed by atoms with Crippen LogP contribution in [0.1, 0.15) is 44.2 Å². The van der Waals surface area contributed by atoms with E-state index in [1.807, 2.05) is 25.8 Å². The van der Waals surface area contributed by atoms with E-state index in [4.69, 9.17) is 14.6 Å². The SMILES string of the molecule is Cc1ccc(O)c2c1C13CCN(C)[C@H](C)[C@]1(O)CC=C(OC(=O)C[C@H](O)C(=O)O[C@@H](C)C(=O)O)C3O2. The quantitative estimate of drug-likeness (QED) is 0.404. The molecule has 1 saturated heterocycles. The van der Waals surface area contributed by atoms with E-state index in [1.54, 1.807) is 12.1 Å². The van der Waals surface area contributed by atoms with Gasteiger partial charge in [-0.1, -0.05) is 6.07 Å². The van der Waals surface area contributed by atoms with Crippen LogP contribution in [0.15, 0.2) is 24.0 Å². The molecule has 1 aromatic carbocycles. The Morgan fingerprint density at radius 2 is 2.00 bits per heavy atom. The van der Waals surface area contributed by atoms with Gasteiger partial charge in [0.15, 0.2) is 29.8 Å². The highest BCUT2D eigenvalue weighted by atomic mass is 16.6. The minimum atomic E-state index is -1.93. The third-order valence-electron chi connectivity index (χ3n) is 7.84. The number of hydrogen-bond donors (Lipinski definition) is 4. The zero-order chi connectivity index (χ0) is 26.6. The van der Waals surface area contributed by atoms with Crippen molar-refractivity contribution in [3.63, 3.8) is 0 Å². The maximum Gasteiger partial charge on any atom is 0.344 e. The van der Waals surface area contributed by atoms with E-state index in [2.05, 4.69) is 4.74 Å². The summed E-state index contributed by atoms with van der Waals surface area (Å²) < 4.78 is 16.3. The fraction of sp³-hybridized carbons (Fsp3) is 0.560. The van der Waals surface area contributed by atoms with Crippen LogP contribution in [0.5, 0.6) is 11.5 Å². The molecule has 6 atom stereocenters. The summed E-state index contributed by atoms with van der Waals surface area (Å²) in [5.41, 5.74) is -0.835. The molecule has 1 aliphatic carbocycles. The fourth-order valence-corrected chi connectivity index (χ4v) is 5.72. The van der Waals surface area contributed by atoms with Gasteiger partial charge in [0.25, 0.3) is 0 Å². The number of likely N-dealkylation sites (N-methyl/N-ethyl adjacent to an activating group) is 1. The number of carbonyl (C=O) groups is 3. The molecule has 1 fully saturated rings. The molecule has 1 aromatic rings. The first-order valence-electron chi connectivity index (χ1n) is 11.8. The minimum Gasteiger partial charge on any atom is -0.504 e. The summed E-state index contributed by atoms with van der Waals surface area (Å²) in [6.07, 6.45) is -2.97. The molecule has 0 radical (unpaired) electrons. The number of carboxylic acids is 1. The normalized spacial score (nSPS) is 30.6. The number of aryl methyl sites for hydroxylation is 1. The maximum atomic E-state index is 12.7. The lowest BCUT2D eigenvalue weighted by molar-refractivity contribution is -0.172. The Morgan fingerprint density at radius 3 is 2.67 bits per heavy atom. The predicted octanol–water partition coefficient (Wildman–Crippen LogP) is 0.753. The van der Waals surface area contributed by atoms with Gasteiger partial charge >= 0.3 is 17.9 Å². The zero-order valence-electron chi connectivity index (χ0n) is 20.6. The lowest BCUT2D eigenvalue weighted by atomic mass is 9.54. The first-order chi connectivity index (χ1) is 16.8. The van der Waals surface area contributed by atoms with Gasteiger partial charge in [-0.25, -0.2) is 9.59 Å². The molecule has 11 nitrogen and oxygen atoms in total. The molecule has 11 heteroatoms. The van der Waals surface area contributed by atoms with E-state index in [0.29, 0.717) is 18.5 Å². The standard InChI is InChI=1S/C25H31NO10/c1-12-5-6-15(27)20-19(12)24-9-10-26(4)14(3)25(24,33)8-7-17(21(24)36-20)35-18(29)11-16(28)23(32)34-13(2)22(30)31/h5-7,13-14,16,21,27-28,33H,8-11H2,1-4H3,(H,30,31)/t13-,14+,16-,21?,24?,25+/m0/s1. The van der Waals surface area contributed by atoms with Crippen molar-refractivity contribution in [3.8, 4) is 11.5 Å². The van der Waals surface area contributed by atoms with E-state index in [9.17, 15) is 29.7 Å². The maximum absolute atomic E-state index is 12.7. The van der Waals surface area contributed by atoms with Crippen molar-refractivity contribution in [2.45, 2.75) is 75.4 Å². The van der Waals surface area contributed by atoms with Crippen molar-refractivity contribution in [2.75, 3.05) is 13.6 Å². The molecule has 1 spiro atoms.